The lowest BCUT2D eigenvalue weighted by Gasteiger charge is -2.20. The third-order valence-electron chi connectivity index (χ3n) is 5.14. The van der Waals surface area contributed by atoms with Gasteiger partial charge in [-0.15, -0.1) is 0 Å². The number of rotatable bonds is 7. The zero-order chi connectivity index (χ0) is 22.5. The van der Waals surface area contributed by atoms with Crippen molar-refractivity contribution in [3.05, 3.63) is 71.4 Å². The van der Waals surface area contributed by atoms with Crippen LogP contribution in [0.2, 0.25) is 0 Å². The van der Waals surface area contributed by atoms with Crippen molar-refractivity contribution in [2.45, 2.75) is 19.8 Å². The van der Waals surface area contributed by atoms with E-state index in [4.69, 9.17) is 4.84 Å². The first-order valence-electron chi connectivity index (χ1n) is 10.3. The molecule has 1 fully saturated rings. The Morgan fingerprint density at radius 1 is 1.19 bits per heavy atom. The zero-order valence-electron chi connectivity index (χ0n) is 17.6. The molecule has 7 nitrogen and oxygen atoms in total. The fourth-order valence-electron chi connectivity index (χ4n) is 3.62. The van der Waals surface area contributed by atoms with Crippen LogP contribution in [0.4, 0.5) is 20.3 Å². The van der Waals surface area contributed by atoms with Crippen molar-refractivity contribution < 1.29 is 18.4 Å². The molecule has 2 aromatic carbocycles. The fourth-order valence-corrected chi connectivity index (χ4v) is 3.62. The molecule has 0 atom stereocenters. The highest BCUT2D eigenvalue weighted by molar-refractivity contribution is 5.92. The number of oxime groups is 1. The summed E-state index contributed by atoms with van der Waals surface area (Å²) in [5.74, 6) is -1.26. The minimum Gasteiger partial charge on any atom is -0.386 e. The maximum absolute atomic E-state index is 13.7. The minimum atomic E-state index is -0.860. The molecule has 0 saturated carbocycles. The van der Waals surface area contributed by atoms with Crippen LogP contribution in [0.1, 0.15) is 24.1 Å². The third kappa shape index (κ3) is 4.77. The number of nitrogens with zero attached hydrogens (tertiary/aromatic N) is 4. The van der Waals surface area contributed by atoms with Crippen molar-refractivity contribution in [3.8, 4) is 5.69 Å². The molecule has 166 valence electrons. The topological polar surface area (TPSA) is 71.8 Å². The van der Waals surface area contributed by atoms with Crippen molar-refractivity contribution in [3.63, 3.8) is 0 Å². The maximum Gasteiger partial charge on any atom is 0.265 e. The van der Waals surface area contributed by atoms with Crippen LogP contribution >= 0.6 is 0 Å². The third-order valence-corrected chi connectivity index (χ3v) is 5.14. The van der Waals surface area contributed by atoms with Crippen LogP contribution in [0, 0.1) is 18.6 Å². The number of amides is 1. The van der Waals surface area contributed by atoms with Gasteiger partial charge in [-0.05, 0) is 44.0 Å². The fraction of sp³-hybridized carbons (Fsp3) is 0.261. The van der Waals surface area contributed by atoms with Crippen LogP contribution in [-0.4, -0.2) is 41.6 Å². The van der Waals surface area contributed by atoms with E-state index in [-0.39, 0.29) is 5.69 Å². The number of carbonyl (C=O) groups is 1. The summed E-state index contributed by atoms with van der Waals surface area (Å²) in [6, 6.07) is 12.8. The number of aryl methyl sites for hydroxylation is 1. The van der Waals surface area contributed by atoms with E-state index in [1.165, 1.54) is 0 Å². The quantitative estimate of drug-likeness (QED) is 0.445. The predicted octanol–water partition coefficient (Wildman–Crippen LogP) is 4.05. The number of benzene rings is 2. The number of nitrogens with one attached hydrogen (secondary N) is 1. The van der Waals surface area contributed by atoms with E-state index < -0.39 is 24.1 Å². The Kier molecular flexibility index (Phi) is 6.44. The van der Waals surface area contributed by atoms with Crippen LogP contribution in [0.25, 0.3) is 5.69 Å². The van der Waals surface area contributed by atoms with Gasteiger partial charge in [-0.2, -0.15) is 5.10 Å². The van der Waals surface area contributed by atoms with Crippen molar-refractivity contribution in [2.75, 3.05) is 29.9 Å². The molecule has 1 saturated heterocycles. The summed E-state index contributed by atoms with van der Waals surface area (Å²) < 4.78 is 28.5. The van der Waals surface area contributed by atoms with Gasteiger partial charge < -0.3 is 15.1 Å². The monoisotopic (exact) mass is 439 g/mol. The summed E-state index contributed by atoms with van der Waals surface area (Å²) in [6.07, 6.45) is 3.75. The number of carbonyl (C=O) groups excluding carboxylic acids is 1. The smallest absolute Gasteiger partial charge is 0.265 e. The van der Waals surface area contributed by atoms with Gasteiger partial charge in [0.05, 0.1) is 28.8 Å². The van der Waals surface area contributed by atoms with Gasteiger partial charge in [-0.3, -0.25) is 4.79 Å². The largest absolute Gasteiger partial charge is 0.386 e. The van der Waals surface area contributed by atoms with Crippen LogP contribution < -0.4 is 10.2 Å². The van der Waals surface area contributed by atoms with Gasteiger partial charge in [-0.25, -0.2) is 13.5 Å². The molecule has 0 spiro atoms. The predicted molar refractivity (Wildman–Crippen MR) is 118 cm³/mol. The molecule has 1 N–H and O–H groups in total. The van der Waals surface area contributed by atoms with Gasteiger partial charge >= 0.3 is 0 Å². The molecule has 0 radical (unpaired) electrons. The molecule has 0 bridgehead atoms. The van der Waals surface area contributed by atoms with Crippen molar-refractivity contribution >= 4 is 23.6 Å². The van der Waals surface area contributed by atoms with Gasteiger partial charge in [0.2, 0.25) is 0 Å². The van der Waals surface area contributed by atoms with E-state index in [2.05, 4.69) is 20.5 Å². The molecule has 1 amide bonds. The van der Waals surface area contributed by atoms with Gasteiger partial charge in [0.25, 0.3) is 5.91 Å². The van der Waals surface area contributed by atoms with Gasteiger partial charge in [0, 0.05) is 19.2 Å². The Morgan fingerprint density at radius 3 is 2.66 bits per heavy atom. The number of hydrogen-bond donors (Lipinski definition) is 1. The van der Waals surface area contributed by atoms with Crippen molar-refractivity contribution in [1.29, 1.82) is 0 Å². The van der Waals surface area contributed by atoms with E-state index >= 15 is 0 Å². The summed E-state index contributed by atoms with van der Waals surface area (Å²) in [4.78, 5) is 19.4. The maximum atomic E-state index is 13.7. The van der Waals surface area contributed by atoms with E-state index in [9.17, 15) is 13.6 Å². The van der Waals surface area contributed by atoms with Crippen LogP contribution in [0.15, 0.2) is 53.7 Å². The van der Waals surface area contributed by atoms with Crippen molar-refractivity contribution in [1.82, 2.24) is 9.78 Å². The van der Waals surface area contributed by atoms with Gasteiger partial charge in [0.1, 0.15) is 17.5 Å². The first-order valence-corrected chi connectivity index (χ1v) is 10.3. The second-order valence-corrected chi connectivity index (χ2v) is 7.44. The zero-order valence-corrected chi connectivity index (χ0v) is 17.6. The van der Waals surface area contributed by atoms with Crippen molar-refractivity contribution in [2.24, 2.45) is 5.16 Å². The second-order valence-electron chi connectivity index (χ2n) is 7.44. The average Bonchev–Trinajstić information content (AvgIpc) is 3.42. The van der Waals surface area contributed by atoms with E-state index in [0.29, 0.717) is 6.07 Å². The Balaban J connectivity index is 1.47. The van der Waals surface area contributed by atoms with Crippen LogP contribution in [0.5, 0.6) is 0 Å². The van der Waals surface area contributed by atoms with Gasteiger partial charge in [-0.1, -0.05) is 23.4 Å². The molecule has 0 aliphatic carbocycles. The Hall–Kier alpha value is -3.75. The molecule has 32 heavy (non-hydrogen) atoms. The van der Waals surface area contributed by atoms with Crippen LogP contribution in [0.3, 0.4) is 0 Å². The summed E-state index contributed by atoms with van der Waals surface area (Å²) >= 11 is 0. The highest BCUT2D eigenvalue weighted by Gasteiger charge is 2.23. The molecule has 3 aromatic rings. The van der Waals surface area contributed by atoms with E-state index in [1.54, 1.807) is 6.21 Å². The number of para-hydroxylation sites is 1. The Morgan fingerprint density at radius 2 is 1.94 bits per heavy atom. The summed E-state index contributed by atoms with van der Waals surface area (Å²) in [6.45, 7) is 3.32. The molecule has 1 aliphatic rings. The molecular formula is C23H23F2N5O2. The highest BCUT2D eigenvalue weighted by Crippen LogP contribution is 2.29. The lowest BCUT2D eigenvalue weighted by Crippen LogP contribution is -2.22. The van der Waals surface area contributed by atoms with E-state index in [0.717, 1.165) is 60.8 Å². The summed E-state index contributed by atoms with van der Waals surface area (Å²) in [5.41, 5.74) is 2.40. The Bertz CT molecular complexity index is 1120. The van der Waals surface area contributed by atoms with E-state index in [1.807, 2.05) is 41.9 Å². The van der Waals surface area contributed by atoms with Crippen LogP contribution in [-0.2, 0) is 9.63 Å². The molecule has 2 heterocycles. The SMILES string of the molecule is Cc1nn(-c2ccccc2)c(N2CCCC2)c1C=NOCC(=O)Nc1ccc(F)cc1F. The molecule has 9 heteroatoms. The molecule has 1 aromatic heterocycles. The molecule has 4 rings (SSSR count). The number of anilines is 2. The standard InChI is InChI=1S/C23H23F2N5O2/c1-16-19(14-26-32-15-22(31)27-21-10-9-17(24)13-20(21)25)23(29-11-5-6-12-29)30(28-16)18-7-3-2-4-8-18/h2-4,7-10,13-14H,5-6,11-12,15H2,1H3,(H,27,31). The first kappa shape index (κ1) is 21.5. The highest BCUT2D eigenvalue weighted by atomic mass is 19.1. The second kappa shape index (κ2) is 9.59. The molecule has 1 aliphatic heterocycles. The summed E-state index contributed by atoms with van der Waals surface area (Å²) in [7, 11) is 0. The average molecular weight is 439 g/mol. The summed E-state index contributed by atoms with van der Waals surface area (Å²) in [5, 5.41) is 11.0. The van der Waals surface area contributed by atoms with Gasteiger partial charge in [0.15, 0.2) is 6.61 Å². The lowest BCUT2D eigenvalue weighted by molar-refractivity contribution is -0.120. The first-order chi connectivity index (χ1) is 15.5. The normalized spacial score (nSPS) is 13.7. The Labute approximate surface area is 184 Å². The number of aromatic nitrogens is 2. The number of halogens is 2. The lowest BCUT2D eigenvalue weighted by atomic mass is 10.2. The number of hydrogen-bond acceptors (Lipinski definition) is 5. The molecule has 0 unspecified atom stereocenters. The molecular weight excluding hydrogens is 416 g/mol. The minimum absolute atomic E-state index is 0.125.